The second-order valence-electron chi connectivity index (χ2n) is 25.1. The van der Waals surface area contributed by atoms with E-state index in [1.165, 1.54) is 58.2 Å². The van der Waals surface area contributed by atoms with Gasteiger partial charge in [-0.2, -0.15) is 0 Å². The minimum atomic E-state index is -0.791. The maximum Gasteiger partial charge on any atom is 0.243 e. The fourth-order valence-corrected chi connectivity index (χ4v) is 15.7. The van der Waals surface area contributed by atoms with Crippen molar-refractivity contribution in [2.45, 2.75) is 153 Å². The van der Waals surface area contributed by atoms with E-state index in [2.05, 4.69) is 63.1 Å². The average molecular weight is 1110 g/mol. The summed E-state index contributed by atoms with van der Waals surface area (Å²) in [4.78, 5) is 51.7. The SMILES string of the molecule is Cc1ncsc1-c1ccc([C@H](C)NC(=O)[C@@H]2C[C@@H](O)CN2C(=O)[C@@H](c2cc(N3CCC(CN4CCC(OC5CC(CN6CCC(N7C8CCC7CN(c7cc(-c9ccccc9O)[nH]c7N)C8)CC6)C5)CC4)CC3)no2)C(C)C)cc1. The number of thiazole rings is 1. The summed E-state index contributed by atoms with van der Waals surface area (Å²) in [7, 11) is 0. The molecular weight excluding hydrogens is 1030 g/mol. The number of hydrogen-bond donors (Lipinski definition) is 5. The molecule has 2 aromatic carbocycles. The smallest absolute Gasteiger partial charge is 0.243 e. The number of phenols is 1. The summed E-state index contributed by atoms with van der Waals surface area (Å²) in [5, 5.41) is 28.9. The summed E-state index contributed by atoms with van der Waals surface area (Å²) in [6.07, 6.45) is 12.0. The maximum atomic E-state index is 14.4. The number of carbonyl (C=O) groups excluding carboxylic acids is 2. The summed E-state index contributed by atoms with van der Waals surface area (Å²) < 4.78 is 12.7. The lowest BCUT2D eigenvalue weighted by molar-refractivity contribution is -0.141. The summed E-state index contributed by atoms with van der Waals surface area (Å²) in [6.45, 7) is 18.7. The van der Waals surface area contributed by atoms with Gasteiger partial charge in [0.2, 0.25) is 11.8 Å². The number of hydrogen-bond acceptors (Lipinski definition) is 15. The third-order valence-corrected chi connectivity index (χ3v) is 20.3. The van der Waals surface area contributed by atoms with E-state index in [4.69, 9.17) is 15.0 Å². The third-order valence-electron chi connectivity index (χ3n) is 19.4. The largest absolute Gasteiger partial charge is 0.507 e. The zero-order chi connectivity index (χ0) is 55.2. The van der Waals surface area contributed by atoms with Crippen molar-refractivity contribution in [2.75, 3.05) is 87.5 Å². The number of nitrogens with one attached hydrogen (secondary N) is 2. The molecule has 6 aliphatic heterocycles. The number of nitrogen functional groups attached to an aromatic ring is 1. The molecule has 2 unspecified atom stereocenters. The first-order valence-corrected chi connectivity index (χ1v) is 31.1. The van der Waals surface area contributed by atoms with Crippen molar-refractivity contribution in [2.24, 2.45) is 17.8 Å². The van der Waals surface area contributed by atoms with Gasteiger partial charge >= 0.3 is 0 Å². The molecule has 1 saturated carbocycles. The number of piperazine rings is 1. The number of β-amino-alcohol motifs (C(OH)–C–C–N with tert-alkyl or cyclic N) is 1. The monoisotopic (exact) mass is 1110 g/mol. The highest BCUT2D eigenvalue weighted by Crippen LogP contribution is 2.42. The van der Waals surface area contributed by atoms with Crippen LogP contribution in [0.2, 0.25) is 0 Å². The van der Waals surface area contributed by atoms with Crippen LogP contribution in [0.5, 0.6) is 5.75 Å². The van der Waals surface area contributed by atoms with Gasteiger partial charge in [0.25, 0.3) is 0 Å². The third kappa shape index (κ3) is 11.8. The van der Waals surface area contributed by atoms with Gasteiger partial charge in [0.1, 0.15) is 23.5 Å². The molecule has 80 heavy (non-hydrogen) atoms. The van der Waals surface area contributed by atoms with E-state index in [0.717, 1.165) is 122 Å². The number of aryl methyl sites for hydroxylation is 1. The van der Waals surface area contributed by atoms with Crippen molar-refractivity contribution in [1.82, 2.24) is 40.0 Å². The fourth-order valence-electron chi connectivity index (χ4n) is 14.9. The van der Waals surface area contributed by atoms with Gasteiger partial charge in [0.05, 0.1) is 51.8 Å². The molecule has 5 aromatic rings. The lowest BCUT2D eigenvalue weighted by Crippen LogP contribution is -2.59. The number of fused-ring (bicyclic) bond motifs is 2. The number of phenolic OH excluding ortho intramolecular Hbond substituents is 1. The minimum absolute atomic E-state index is 0.0970. The van der Waals surface area contributed by atoms with E-state index in [1.807, 2.05) is 69.6 Å². The molecule has 7 aliphatic rings. The minimum Gasteiger partial charge on any atom is -0.507 e. The Hall–Kier alpha value is -5.50. The molecule has 430 valence electrons. The van der Waals surface area contributed by atoms with E-state index in [0.29, 0.717) is 47.8 Å². The van der Waals surface area contributed by atoms with Gasteiger partial charge in [-0.15, -0.1) is 11.3 Å². The van der Waals surface area contributed by atoms with Crippen molar-refractivity contribution in [3.8, 4) is 27.4 Å². The predicted octanol–water partition coefficient (Wildman–Crippen LogP) is 8.26. The molecule has 18 heteroatoms. The quantitative estimate of drug-likeness (QED) is 0.0597. The molecule has 9 heterocycles. The molecule has 7 fully saturated rings. The van der Waals surface area contributed by atoms with Crippen molar-refractivity contribution in [3.05, 3.63) is 83.2 Å². The van der Waals surface area contributed by atoms with Gasteiger partial charge < -0.3 is 60.0 Å². The number of ether oxygens (including phenoxy) is 1. The first-order chi connectivity index (χ1) is 38.8. The van der Waals surface area contributed by atoms with Gasteiger partial charge in [-0.3, -0.25) is 14.5 Å². The van der Waals surface area contributed by atoms with Crippen molar-refractivity contribution < 1.29 is 29.1 Å². The number of aromatic nitrogens is 3. The number of nitrogens with two attached hydrogens (primary N) is 1. The summed E-state index contributed by atoms with van der Waals surface area (Å²) in [5.74, 6) is 2.34. The molecular formula is C62H85N11O6S. The molecule has 0 radical (unpaired) electrons. The molecule has 2 bridgehead atoms. The van der Waals surface area contributed by atoms with Crippen LogP contribution in [-0.4, -0.2) is 171 Å². The van der Waals surface area contributed by atoms with Crippen LogP contribution in [0.25, 0.3) is 21.7 Å². The van der Waals surface area contributed by atoms with Crippen molar-refractivity contribution in [3.63, 3.8) is 0 Å². The Morgan fingerprint density at radius 1 is 0.812 bits per heavy atom. The maximum absolute atomic E-state index is 14.4. The Balaban J connectivity index is 0.539. The molecule has 6 N–H and O–H groups in total. The van der Waals surface area contributed by atoms with Crippen LogP contribution in [0.4, 0.5) is 17.3 Å². The predicted molar refractivity (Wildman–Crippen MR) is 314 cm³/mol. The molecule has 0 spiro atoms. The van der Waals surface area contributed by atoms with E-state index in [1.54, 1.807) is 22.3 Å². The Kier molecular flexibility index (Phi) is 16.4. The zero-order valence-electron chi connectivity index (χ0n) is 47.4. The van der Waals surface area contributed by atoms with Gasteiger partial charge in [0.15, 0.2) is 11.6 Å². The first kappa shape index (κ1) is 55.1. The molecule has 6 saturated heterocycles. The van der Waals surface area contributed by atoms with Gasteiger partial charge in [0, 0.05) is 95.1 Å². The number of para-hydroxylation sites is 1. The number of anilines is 3. The number of aliphatic hydroxyl groups excluding tert-OH is 1. The van der Waals surface area contributed by atoms with Gasteiger partial charge in [-0.05, 0) is 138 Å². The second-order valence-corrected chi connectivity index (χ2v) is 26.0. The van der Waals surface area contributed by atoms with Crippen LogP contribution in [0.1, 0.15) is 120 Å². The molecule has 1 aliphatic carbocycles. The van der Waals surface area contributed by atoms with Crippen molar-refractivity contribution >= 4 is 40.5 Å². The highest BCUT2D eigenvalue weighted by atomic mass is 32.1. The van der Waals surface area contributed by atoms with E-state index >= 15 is 0 Å². The molecule has 17 nitrogen and oxygen atoms in total. The van der Waals surface area contributed by atoms with Crippen LogP contribution in [-0.2, 0) is 14.3 Å². The number of H-pyrrole nitrogens is 1. The number of benzene rings is 2. The Morgan fingerprint density at radius 2 is 1.50 bits per heavy atom. The average Bonchev–Trinajstić information content (AvgIpc) is 4.32. The van der Waals surface area contributed by atoms with Crippen molar-refractivity contribution in [1.29, 1.82) is 0 Å². The summed E-state index contributed by atoms with van der Waals surface area (Å²) >= 11 is 1.61. The van der Waals surface area contributed by atoms with E-state index in [9.17, 15) is 19.8 Å². The number of rotatable bonds is 17. The van der Waals surface area contributed by atoms with Gasteiger partial charge in [-0.1, -0.05) is 55.4 Å². The summed E-state index contributed by atoms with van der Waals surface area (Å²) in [6, 6.07) is 20.4. The summed E-state index contributed by atoms with van der Waals surface area (Å²) in [5.41, 5.74) is 14.2. The highest BCUT2D eigenvalue weighted by molar-refractivity contribution is 7.13. The first-order valence-electron chi connectivity index (χ1n) is 30.2. The number of nitrogens with zero attached hydrogens (tertiary/aromatic N) is 8. The number of carbonyl (C=O) groups is 2. The molecule has 6 atom stereocenters. The standard InChI is InChI=1S/C62H85N11O6S/c1-38(2)58(62(77)72-36-48(74)29-54(72)61(76)65-39(3)43-9-11-44(12-10-43)59-40(4)64-37-80-59)56-31-57(67-79-56)70-25-15-41(16-26-70)32-69-23-19-49(20-24-69)78-50-27-42(28-50)33-68-21-17-45(18-22-68)73-46-13-14-47(73)35-71(34-46)53-30-52(66-60(53)63)51-7-5-6-8-55(51)75/h5-12,30-31,37-39,41-42,45-50,54,58,66,74-75H,13-29,32-36,63H2,1-4H3,(H,65,76)/t39-,42?,46?,47?,48+,50?,54-,58+/m0/s1. The van der Waals surface area contributed by atoms with Gasteiger partial charge in [-0.25, -0.2) is 4.98 Å². The number of likely N-dealkylation sites (tertiary alicyclic amines) is 3. The van der Waals surface area contributed by atoms with E-state index < -0.39 is 18.1 Å². The zero-order valence-corrected chi connectivity index (χ0v) is 48.2. The number of piperidine rings is 3. The highest BCUT2D eigenvalue weighted by Gasteiger charge is 2.46. The lowest BCUT2D eigenvalue weighted by Gasteiger charge is -2.48. The Morgan fingerprint density at radius 3 is 2.17 bits per heavy atom. The number of aromatic hydroxyl groups is 1. The Bertz CT molecular complexity index is 2880. The molecule has 12 rings (SSSR count). The van der Waals surface area contributed by atoms with Crippen LogP contribution in [0, 0.1) is 24.7 Å². The number of aromatic amines is 1. The van der Waals surface area contributed by atoms with Crippen LogP contribution in [0.15, 0.2) is 70.7 Å². The molecule has 2 amide bonds. The lowest BCUT2D eigenvalue weighted by atomic mass is 9.81. The number of amides is 2. The normalized spacial score (nSPS) is 26.6. The number of aliphatic hydroxyl groups is 1. The topological polar surface area (TPSA) is 196 Å². The second kappa shape index (κ2) is 23.8. The van der Waals surface area contributed by atoms with E-state index in [-0.39, 0.29) is 42.5 Å². The van der Waals surface area contributed by atoms with Crippen LogP contribution < -0.4 is 20.9 Å². The molecule has 3 aromatic heterocycles. The van der Waals surface area contributed by atoms with Crippen LogP contribution >= 0.6 is 11.3 Å². The fraction of sp³-hybridized carbons (Fsp3) is 0.613. The van der Waals surface area contributed by atoms with Crippen LogP contribution in [0.3, 0.4) is 0 Å². The Labute approximate surface area is 476 Å².